The fraction of sp³-hybridized carbons (Fsp3) is 0.118. The number of aromatic nitrogens is 1. The maximum atomic E-state index is 12.7. The summed E-state index contributed by atoms with van der Waals surface area (Å²) in [5.74, 6) is 0.0276. The van der Waals surface area contributed by atoms with Crippen LogP contribution in [0.3, 0.4) is 0 Å². The number of hydrogen-bond donors (Lipinski definition) is 1. The molecule has 20 heavy (non-hydrogen) atoms. The third-order valence-electron chi connectivity index (χ3n) is 3.48. The van der Waals surface area contributed by atoms with Crippen molar-refractivity contribution in [3.63, 3.8) is 0 Å². The quantitative estimate of drug-likeness (QED) is 0.772. The molecule has 0 saturated heterocycles. The summed E-state index contributed by atoms with van der Waals surface area (Å²) in [6.07, 6.45) is 0.746. The van der Waals surface area contributed by atoms with Crippen LogP contribution in [0.5, 0.6) is 5.75 Å². The van der Waals surface area contributed by atoms with Crippen molar-refractivity contribution < 1.29 is 5.11 Å². The van der Waals surface area contributed by atoms with Gasteiger partial charge in [0.2, 0.25) is 0 Å². The minimum absolute atomic E-state index is 0.0276. The molecule has 0 bridgehead atoms. The molecular weight excluding hydrogens is 250 g/mol. The Balaban J connectivity index is 2.45. The summed E-state index contributed by atoms with van der Waals surface area (Å²) in [7, 11) is 0. The molecule has 1 aromatic heterocycles. The van der Waals surface area contributed by atoms with E-state index in [0.29, 0.717) is 5.39 Å². The first kappa shape index (κ1) is 12.5. The van der Waals surface area contributed by atoms with Gasteiger partial charge in [0, 0.05) is 11.4 Å². The minimum atomic E-state index is -0.177. The van der Waals surface area contributed by atoms with E-state index < -0.39 is 0 Å². The number of phenols is 1. The van der Waals surface area contributed by atoms with E-state index >= 15 is 0 Å². The van der Waals surface area contributed by atoms with Crippen LogP contribution in [0.4, 0.5) is 0 Å². The number of fused-ring (bicyclic) bond motifs is 1. The summed E-state index contributed by atoms with van der Waals surface area (Å²) in [6.45, 7) is 2.02. The van der Waals surface area contributed by atoms with Crippen LogP contribution in [-0.2, 0) is 6.42 Å². The number of pyridine rings is 1. The van der Waals surface area contributed by atoms with Crippen LogP contribution in [0.15, 0.2) is 59.4 Å². The van der Waals surface area contributed by atoms with E-state index in [1.807, 2.05) is 49.4 Å². The SMILES string of the molecule is CCc1cc2cccc(O)c2c(=O)n1-c1ccccc1. The summed E-state index contributed by atoms with van der Waals surface area (Å²) in [4.78, 5) is 12.7. The minimum Gasteiger partial charge on any atom is -0.507 e. The molecular formula is C17H15NO2. The van der Waals surface area contributed by atoms with Crippen LogP contribution >= 0.6 is 0 Å². The van der Waals surface area contributed by atoms with Gasteiger partial charge in [-0.1, -0.05) is 37.3 Å². The molecule has 0 aliphatic heterocycles. The van der Waals surface area contributed by atoms with Gasteiger partial charge in [-0.15, -0.1) is 0 Å². The van der Waals surface area contributed by atoms with Crippen LogP contribution in [0.25, 0.3) is 16.5 Å². The lowest BCUT2D eigenvalue weighted by Crippen LogP contribution is -2.21. The highest BCUT2D eigenvalue weighted by molar-refractivity contribution is 5.87. The van der Waals surface area contributed by atoms with Crippen molar-refractivity contribution in [1.82, 2.24) is 4.57 Å². The van der Waals surface area contributed by atoms with Gasteiger partial charge in [0.05, 0.1) is 5.39 Å². The van der Waals surface area contributed by atoms with Crippen LogP contribution in [-0.4, -0.2) is 9.67 Å². The highest BCUT2D eigenvalue weighted by atomic mass is 16.3. The topological polar surface area (TPSA) is 42.2 Å². The van der Waals surface area contributed by atoms with E-state index in [4.69, 9.17) is 0 Å². The molecule has 0 atom stereocenters. The van der Waals surface area contributed by atoms with Crippen LogP contribution in [0.1, 0.15) is 12.6 Å². The third-order valence-corrected chi connectivity index (χ3v) is 3.48. The Bertz CT molecular complexity index is 820. The van der Waals surface area contributed by atoms with Crippen molar-refractivity contribution in [3.8, 4) is 11.4 Å². The van der Waals surface area contributed by atoms with E-state index in [1.165, 1.54) is 0 Å². The molecule has 0 radical (unpaired) electrons. The maximum Gasteiger partial charge on any atom is 0.266 e. The molecule has 2 aromatic carbocycles. The van der Waals surface area contributed by atoms with Crippen LogP contribution < -0.4 is 5.56 Å². The normalized spacial score (nSPS) is 10.8. The first-order valence-corrected chi connectivity index (χ1v) is 6.64. The standard InChI is InChI=1S/C17H15NO2/c1-2-13-11-12-7-6-10-15(19)16(12)17(20)18(13)14-8-4-3-5-9-14/h3-11,19H,2H2,1H3. The average molecular weight is 265 g/mol. The summed E-state index contributed by atoms with van der Waals surface area (Å²) >= 11 is 0. The number of aryl methyl sites for hydroxylation is 1. The lowest BCUT2D eigenvalue weighted by molar-refractivity contribution is 0.481. The number of para-hydroxylation sites is 1. The summed E-state index contributed by atoms with van der Waals surface area (Å²) in [5, 5.41) is 11.1. The molecule has 0 aliphatic rings. The third kappa shape index (κ3) is 1.88. The maximum absolute atomic E-state index is 12.7. The second-order valence-corrected chi connectivity index (χ2v) is 4.71. The molecule has 3 nitrogen and oxygen atoms in total. The molecule has 1 heterocycles. The Kier molecular flexibility index (Phi) is 3.03. The predicted molar refractivity (Wildman–Crippen MR) is 80.6 cm³/mol. The number of nitrogens with zero attached hydrogens (tertiary/aromatic N) is 1. The van der Waals surface area contributed by atoms with Gasteiger partial charge in [-0.3, -0.25) is 9.36 Å². The van der Waals surface area contributed by atoms with E-state index in [9.17, 15) is 9.90 Å². The van der Waals surface area contributed by atoms with Crippen molar-refractivity contribution in [2.45, 2.75) is 13.3 Å². The number of aromatic hydroxyl groups is 1. The molecule has 0 fully saturated rings. The highest BCUT2D eigenvalue weighted by Crippen LogP contribution is 2.23. The average Bonchev–Trinajstić information content (AvgIpc) is 2.47. The van der Waals surface area contributed by atoms with Gasteiger partial charge >= 0.3 is 0 Å². The van der Waals surface area contributed by atoms with Crippen LogP contribution in [0, 0.1) is 0 Å². The lowest BCUT2D eigenvalue weighted by Gasteiger charge is -2.13. The van der Waals surface area contributed by atoms with Crippen molar-refractivity contribution >= 4 is 10.8 Å². The summed E-state index contributed by atoms with van der Waals surface area (Å²) in [5.41, 5.74) is 1.57. The van der Waals surface area contributed by atoms with Gasteiger partial charge < -0.3 is 5.11 Å². The van der Waals surface area contributed by atoms with E-state index in [-0.39, 0.29) is 11.3 Å². The van der Waals surface area contributed by atoms with Gasteiger partial charge in [-0.2, -0.15) is 0 Å². The monoisotopic (exact) mass is 265 g/mol. The lowest BCUT2D eigenvalue weighted by atomic mass is 10.1. The number of hydrogen-bond acceptors (Lipinski definition) is 2. The van der Waals surface area contributed by atoms with Crippen molar-refractivity contribution in [2.75, 3.05) is 0 Å². The van der Waals surface area contributed by atoms with Crippen molar-refractivity contribution in [2.24, 2.45) is 0 Å². The molecule has 0 saturated carbocycles. The Morgan fingerprint density at radius 1 is 1.05 bits per heavy atom. The first-order chi connectivity index (χ1) is 9.72. The molecule has 0 amide bonds. The predicted octanol–water partition coefficient (Wildman–Crippen LogP) is 3.26. The molecule has 0 spiro atoms. The fourth-order valence-electron chi connectivity index (χ4n) is 2.52. The van der Waals surface area contributed by atoms with E-state index in [0.717, 1.165) is 23.2 Å². The smallest absolute Gasteiger partial charge is 0.266 e. The molecule has 100 valence electrons. The Morgan fingerprint density at radius 2 is 1.80 bits per heavy atom. The number of benzene rings is 2. The van der Waals surface area contributed by atoms with Gasteiger partial charge in [-0.05, 0) is 36.1 Å². The molecule has 3 rings (SSSR count). The molecule has 1 N–H and O–H groups in total. The van der Waals surface area contributed by atoms with E-state index in [1.54, 1.807) is 16.7 Å². The number of phenolic OH excluding ortho intramolecular Hbond substituents is 1. The van der Waals surface area contributed by atoms with E-state index in [2.05, 4.69) is 0 Å². The Labute approximate surface area is 116 Å². The molecule has 0 unspecified atom stereocenters. The Hall–Kier alpha value is -2.55. The second kappa shape index (κ2) is 4.85. The Morgan fingerprint density at radius 3 is 2.50 bits per heavy atom. The zero-order valence-electron chi connectivity index (χ0n) is 11.2. The first-order valence-electron chi connectivity index (χ1n) is 6.64. The zero-order valence-corrected chi connectivity index (χ0v) is 11.2. The van der Waals surface area contributed by atoms with Gasteiger partial charge in [0.15, 0.2) is 0 Å². The molecule has 0 aliphatic carbocycles. The van der Waals surface area contributed by atoms with Gasteiger partial charge in [-0.25, -0.2) is 0 Å². The highest BCUT2D eigenvalue weighted by Gasteiger charge is 2.12. The van der Waals surface area contributed by atoms with Crippen molar-refractivity contribution in [1.29, 1.82) is 0 Å². The number of rotatable bonds is 2. The second-order valence-electron chi connectivity index (χ2n) is 4.71. The summed E-state index contributed by atoms with van der Waals surface area (Å²) in [6, 6.07) is 16.6. The molecule has 3 heteroatoms. The molecule has 3 aromatic rings. The van der Waals surface area contributed by atoms with Crippen LogP contribution in [0.2, 0.25) is 0 Å². The fourth-order valence-corrected chi connectivity index (χ4v) is 2.52. The largest absolute Gasteiger partial charge is 0.507 e. The summed E-state index contributed by atoms with van der Waals surface area (Å²) < 4.78 is 1.67. The van der Waals surface area contributed by atoms with Crippen molar-refractivity contribution in [3.05, 3.63) is 70.6 Å². The van der Waals surface area contributed by atoms with Gasteiger partial charge in [0.25, 0.3) is 5.56 Å². The zero-order chi connectivity index (χ0) is 14.1. The van der Waals surface area contributed by atoms with Gasteiger partial charge in [0.1, 0.15) is 5.75 Å².